The van der Waals surface area contributed by atoms with Crippen LogP contribution in [0, 0.1) is 0 Å². The Morgan fingerprint density at radius 2 is 1.85 bits per heavy atom. The summed E-state index contributed by atoms with van der Waals surface area (Å²) in [5, 5.41) is 18.3. The maximum Gasteiger partial charge on any atom is 0.274 e. The molecule has 3 aromatic rings. The highest BCUT2D eigenvalue weighted by molar-refractivity contribution is 7.12. The summed E-state index contributed by atoms with van der Waals surface area (Å²) in [7, 11) is 0. The predicted molar refractivity (Wildman–Crippen MR) is 104 cm³/mol. The van der Waals surface area contributed by atoms with Crippen molar-refractivity contribution in [1.29, 1.82) is 0 Å². The standard InChI is InChI=1S/C20H15ClN2O2S/c21-15-7-3-14(4-8-15)20(25)23-18(13-5-9-16(24)10-6-13)12-17(22-23)19-2-1-11-26-19/h1-11,18,24H,12H2. The number of rotatable bonds is 3. The molecule has 130 valence electrons. The molecule has 26 heavy (non-hydrogen) atoms. The lowest BCUT2D eigenvalue weighted by atomic mass is 10.0. The first-order valence-corrected chi connectivity index (χ1v) is 9.37. The van der Waals surface area contributed by atoms with Gasteiger partial charge in [0.1, 0.15) is 5.75 Å². The summed E-state index contributed by atoms with van der Waals surface area (Å²) in [6.07, 6.45) is 0.630. The molecule has 0 fully saturated rings. The zero-order valence-corrected chi connectivity index (χ0v) is 15.2. The Labute approximate surface area is 160 Å². The van der Waals surface area contributed by atoms with Gasteiger partial charge >= 0.3 is 0 Å². The van der Waals surface area contributed by atoms with Crippen LogP contribution in [0.5, 0.6) is 5.75 Å². The molecule has 1 unspecified atom stereocenters. The molecule has 1 N–H and O–H groups in total. The predicted octanol–water partition coefficient (Wildman–Crippen LogP) is 5.10. The zero-order valence-electron chi connectivity index (χ0n) is 13.7. The number of nitrogens with zero attached hydrogens (tertiary/aromatic N) is 2. The van der Waals surface area contributed by atoms with E-state index in [0.29, 0.717) is 17.0 Å². The summed E-state index contributed by atoms with van der Waals surface area (Å²) in [6.45, 7) is 0. The average molecular weight is 383 g/mol. The number of phenolic OH excluding ortho intramolecular Hbond substituents is 1. The highest BCUT2D eigenvalue weighted by Crippen LogP contribution is 2.35. The van der Waals surface area contributed by atoms with Gasteiger partial charge in [-0.2, -0.15) is 5.10 Å². The van der Waals surface area contributed by atoms with Gasteiger partial charge in [0, 0.05) is 17.0 Å². The van der Waals surface area contributed by atoms with Gasteiger partial charge in [-0.3, -0.25) is 4.79 Å². The van der Waals surface area contributed by atoms with E-state index in [4.69, 9.17) is 11.6 Å². The monoisotopic (exact) mass is 382 g/mol. The first kappa shape index (κ1) is 16.8. The lowest BCUT2D eigenvalue weighted by Crippen LogP contribution is -2.27. The van der Waals surface area contributed by atoms with Crippen molar-refractivity contribution in [2.75, 3.05) is 0 Å². The molecule has 1 amide bonds. The third-order valence-corrected chi connectivity index (χ3v) is 5.46. The lowest BCUT2D eigenvalue weighted by Gasteiger charge is -2.22. The van der Waals surface area contributed by atoms with Gasteiger partial charge in [-0.15, -0.1) is 11.3 Å². The van der Waals surface area contributed by atoms with Crippen molar-refractivity contribution in [3.05, 3.63) is 87.1 Å². The van der Waals surface area contributed by atoms with Gasteiger partial charge in [-0.1, -0.05) is 29.8 Å². The highest BCUT2D eigenvalue weighted by Gasteiger charge is 2.33. The largest absolute Gasteiger partial charge is 0.508 e. The van der Waals surface area contributed by atoms with Crippen molar-refractivity contribution in [3.63, 3.8) is 0 Å². The van der Waals surface area contributed by atoms with Crippen LogP contribution in [-0.4, -0.2) is 21.7 Å². The minimum Gasteiger partial charge on any atom is -0.508 e. The van der Waals surface area contributed by atoms with Crippen molar-refractivity contribution in [2.24, 2.45) is 5.10 Å². The summed E-state index contributed by atoms with van der Waals surface area (Å²) < 4.78 is 0. The number of carbonyl (C=O) groups excluding carboxylic acids is 1. The Bertz CT molecular complexity index is 950. The molecule has 4 nitrogen and oxygen atoms in total. The van der Waals surface area contributed by atoms with Gasteiger partial charge in [-0.25, -0.2) is 5.01 Å². The van der Waals surface area contributed by atoms with Crippen molar-refractivity contribution >= 4 is 34.6 Å². The topological polar surface area (TPSA) is 52.9 Å². The van der Waals surface area contributed by atoms with E-state index in [1.807, 2.05) is 29.6 Å². The third-order valence-electron chi connectivity index (χ3n) is 4.29. The van der Waals surface area contributed by atoms with E-state index in [1.165, 1.54) is 5.01 Å². The Balaban J connectivity index is 1.71. The molecule has 2 heterocycles. The Hall–Kier alpha value is -2.63. The zero-order chi connectivity index (χ0) is 18.1. The fourth-order valence-corrected chi connectivity index (χ4v) is 3.82. The molecule has 1 aliphatic rings. The third kappa shape index (κ3) is 3.23. The molecule has 1 atom stereocenters. The van der Waals surface area contributed by atoms with E-state index in [2.05, 4.69) is 5.10 Å². The van der Waals surface area contributed by atoms with Crippen LogP contribution in [0.2, 0.25) is 5.02 Å². The van der Waals surface area contributed by atoms with Crippen molar-refractivity contribution < 1.29 is 9.90 Å². The Morgan fingerprint density at radius 3 is 2.50 bits per heavy atom. The molecule has 0 aliphatic carbocycles. The van der Waals surface area contributed by atoms with Crippen LogP contribution in [0.1, 0.15) is 33.3 Å². The average Bonchev–Trinajstić information content (AvgIpc) is 3.32. The molecule has 0 saturated carbocycles. The van der Waals surface area contributed by atoms with E-state index >= 15 is 0 Å². The normalized spacial score (nSPS) is 16.6. The van der Waals surface area contributed by atoms with E-state index in [9.17, 15) is 9.90 Å². The molecule has 4 rings (SSSR count). The maximum absolute atomic E-state index is 13.1. The number of hydrogen-bond donors (Lipinski definition) is 1. The maximum atomic E-state index is 13.1. The number of phenols is 1. The van der Waals surface area contributed by atoms with Crippen LogP contribution in [0.25, 0.3) is 0 Å². The number of benzene rings is 2. The second-order valence-corrected chi connectivity index (χ2v) is 7.38. The van der Waals surface area contributed by atoms with Gasteiger partial charge in [-0.05, 0) is 53.4 Å². The molecule has 1 aliphatic heterocycles. The van der Waals surface area contributed by atoms with E-state index in [-0.39, 0.29) is 17.7 Å². The first-order chi connectivity index (χ1) is 12.6. The highest BCUT2D eigenvalue weighted by atomic mass is 35.5. The number of amides is 1. The van der Waals surface area contributed by atoms with Gasteiger partial charge < -0.3 is 5.11 Å². The van der Waals surface area contributed by atoms with E-state index < -0.39 is 0 Å². The van der Waals surface area contributed by atoms with Crippen molar-refractivity contribution in [3.8, 4) is 5.75 Å². The van der Waals surface area contributed by atoms with Crippen LogP contribution in [0.15, 0.2) is 71.1 Å². The Kier molecular flexibility index (Phi) is 4.49. The van der Waals surface area contributed by atoms with E-state index in [0.717, 1.165) is 16.2 Å². The fraction of sp³-hybridized carbons (Fsp3) is 0.100. The van der Waals surface area contributed by atoms with Gasteiger partial charge in [0.2, 0.25) is 0 Å². The van der Waals surface area contributed by atoms with Crippen LogP contribution in [0.3, 0.4) is 0 Å². The van der Waals surface area contributed by atoms with Crippen LogP contribution < -0.4 is 0 Å². The Morgan fingerprint density at radius 1 is 1.12 bits per heavy atom. The number of aromatic hydroxyl groups is 1. The molecule has 1 aromatic heterocycles. The summed E-state index contributed by atoms with van der Waals surface area (Å²) in [5.41, 5.74) is 2.36. The van der Waals surface area contributed by atoms with Crippen molar-refractivity contribution in [1.82, 2.24) is 5.01 Å². The minimum atomic E-state index is -0.212. The number of hydrogen-bond acceptors (Lipinski definition) is 4. The SMILES string of the molecule is O=C(c1ccc(Cl)cc1)N1N=C(c2cccs2)CC1c1ccc(O)cc1. The van der Waals surface area contributed by atoms with Crippen LogP contribution >= 0.6 is 22.9 Å². The summed E-state index contributed by atoms with van der Waals surface area (Å²) >= 11 is 7.54. The van der Waals surface area contributed by atoms with Crippen molar-refractivity contribution in [2.45, 2.75) is 12.5 Å². The van der Waals surface area contributed by atoms with Gasteiger partial charge in [0.05, 0.1) is 16.6 Å². The van der Waals surface area contributed by atoms with Gasteiger partial charge in [0.15, 0.2) is 0 Å². The molecular formula is C20H15ClN2O2S. The summed E-state index contributed by atoms with van der Waals surface area (Å²) in [4.78, 5) is 14.1. The summed E-state index contributed by atoms with van der Waals surface area (Å²) in [5.74, 6) is 0.0213. The quantitative estimate of drug-likeness (QED) is 0.685. The number of halogens is 1. The number of hydrazone groups is 1. The second kappa shape index (κ2) is 6.94. The molecule has 6 heteroatoms. The molecule has 0 bridgehead atoms. The fourth-order valence-electron chi connectivity index (χ4n) is 2.97. The minimum absolute atomic E-state index is 0.175. The summed E-state index contributed by atoms with van der Waals surface area (Å²) in [6, 6.07) is 17.5. The molecule has 0 spiro atoms. The number of carbonyl (C=O) groups is 1. The first-order valence-electron chi connectivity index (χ1n) is 8.11. The van der Waals surface area contributed by atoms with Crippen LogP contribution in [0.4, 0.5) is 0 Å². The van der Waals surface area contributed by atoms with E-state index in [1.54, 1.807) is 47.7 Å². The molecule has 0 saturated heterocycles. The molecule has 2 aromatic carbocycles. The second-order valence-electron chi connectivity index (χ2n) is 5.99. The molecule has 0 radical (unpaired) electrons. The smallest absolute Gasteiger partial charge is 0.274 e. The van der Waals surface area contributed by atoms with Crippen LogP contribution in [-0.2, 0) is 0 Å². The lowest BCUT2D eigenvalue weighted by molar-refractivity contribution is 0.0711. The number of thiophene rings is 1. The molecular weight excluding hydrogens is 368 g/mol. The van der Waals surface area contributed by atoms with Gasteiger partial charge in [0.25, 0.3) is 5.91 Å².